The van der Waals surface area contributed by atoms with Crippen LogP contribution in [0.3, 0.4) is 0 Å². The van der Waals surface area contributed by atoms with Crippen LogP contribution in [0.25, 0.3) is 0 Å². The summed E-state index contributed by atoms with van der Waals surface area (Å²) in [5.74, 6) is 0.673. The summed E-state index contributed by atoms with van der Waals surface area (Å²) in [6.07, 6.45) is 3.80. The molecule has 1 aromatic heterocycles. The van der Waals surface area contributed by atoms with Crippen molar-refractivity contribution in [1.29, 1.82) is 0 Å². The average Bonchev–Trinajstić information content (AvgIpc) is 3.05. The molecule has 0 saturated carbocycles. The van der Waals surface area contributed by atoms with E-state index in [-0.39, 0.29) is 0 Å². The molecule has 4 nitrogen and oxygen atoms in total. The summed E-state index contributed by atoms with van der Waals surface area (Å²) >= 11 is 1.84. The van der Waals surface area contributed by atoms with Gasteiger partial charge in [-0.3, -0.25) is 0 Å². The van der Waals surface area contributed by atoms with E-state index in [1.165, 1.54) is 29.3 Å². The van der Waals surface area contributed by atoms with Crippen LogP contribution in [0, 0.1) is 5.92 Å². The van der Waals surface area contributed by atoms with Gasteiger partial charge in [-0.15, -0.1) is 11.3 Å². The van der Waals surface area contributed by atoms with Crippen LogP contribution in [-0.2, 0) is 17.9 Å². The fourth-order valence-corrected chi connectivity index (χ4v) is 4.00. The molecular formula is C16H29N3OS. The number of rotatable bonds is 8. The molecule has 21 heavy (non-hydrogen) atoms. The third kappa shape index (κ3) is 4.41. The Hall–Kier alpha value is -0.650. The first-order valence-electron chi connectivity index (χ1n) is 8.10. The van der Waals surface area contributed by atoms with Crippen molar-refractivity contribution in [3.05, 3.63) is 10.6 Å². The van der Waals surface area contributed by atoms with Crippen molar-refractivity contribution >= 4 is 16.5 Å². The number of thiazole rings is 1. The van der Waals surface area contributed by atoms with Crippen LogP contribution in [0.15, 0.2) is 0 Å². The predicted molar refractivity (Wildman–Crippen MR) is 90.0 cm³/mol. The molecule has 1 N–H and O–H groups in total. The van der Waals surface area contributed by atoms with Crippen LogP contribution in [0.1, 0.15) is 50.6 Å². The zero-order chi connectivity index (χ0) is 15.2. The minimum Gasteiger partial charge on any atom is -0.378 e. The molecule has 0 amide bonds. The Bertz CT molecular complexity index is 433. The Morgan fingerprint density at radius 1 is 1.48 bits per heavy atom. The molecule has 1 aromatic rings. The molecule has 2 rings (SSSR count). The van der Waals surface area contributed by atoms with E-state index in [0.29, 0.717) is 18.6 Å². The Labute approximate surface area is 132 Å². The molecule has 1 aliphatic rings. The van der Waals surface area contributed by atoms with Gasteiger partial charge in [-0.2, -0.15) is 0 Å². The molecule has 2 heterocycles. The van der Waals surface area contributed by atoms with Gasteiger partial charge < -0.3 is 15.0 Å². The van der Waals surface area contributed by atoms with Crippen LogP contribution >= 0.6 is 11.3 Å². The number of nitrogens with one attached hydrogen (secondary N) is 1. The van der Waals surface area contributed by atoms with Gasteiger partial charge in [-0.25, -0.2) is 4.98 Å². The maximum atomic E-state index is 5.32. The monoisotopic (exact) mass is 311 g/mol. The Morgan fingerprint density at radius 2 is 2.29 bits per heavy atom. The van der Waals surface area contributed by atoms with Crippen LogP contribution in [-0.4, -0.2) is 31.2 Å². The fourth-order valence-electron chi connectivity index (χ4n) is 2.87. The second-order valence-electron chi connectivity index (χ2n) is 6.22. The van der Waals surface area contributed by atoms with E-state index in [1.807, 2.05) is 11.3 Å². The lowest BCUT2D eigenvalue weighted by Gasteiger charge is -2.22. The zero-order valence-electron chi connectivity index (χ0n) is 13.8. The second-order valence-corrected chi connectivity index (χ2v) is 7.28. The highest BCUT2D eigenvalue weighted by Gasteiger charge is 2.26. The summed E-state index contributed by atoms with van der Waals surface area (Å²) in [5, 5.41) is 4.71. The van der Waals surface area contributed by atoms with Crippen molar-refractivity contribution in [3.63, 3.8) is 0 Å². The predicted octanol–water partition coefficient (Wildman–Crippen LogP) is 3.41. The highest BCUT2D eigenvalue weighted by atomic mass is 32.1. The minimum atomic E-state index is 0.611. The number of hydrogen-bond acceptors (Lipinski definition) is 5. The van der Waals surface area contributed by atoms with Crippen molar-refractivity contribution in [2.45, 2.75) is 59.2 Å². The van der Waals surface area contributed by atoms with Crippen molar-refractivity contribution < 1.29 is 4.74 Å². The summed E-state index contributed by atoms with van der Waals surface area (Å²) < 4.78 is 5.32. The topological polar surface area (TPSA) is 37.4 Å². The average molecular weight is 311 g/mol. The van der Waals surface area contributed by atoms with Crippen LogP contribution < -0.4 is 10.2 Å². The number of ether oxygens (including phenoxy) is 1. The highest BCUT2D eigenvalue weighted by Crippen LogP contribution is 2.33. The van der Waals surface area contributed by atoms with Gasteiger partial charge in [0, 0.05) is 31.1 Å². The van der Waals surface area contributed by atoms with E-state index >= 15 is 0 Å². The summed E-state index contributed by atoms with van der Waals surface area (Å²) in [6.45, 7) is 10.4. The standard InChI is InChI=1S/C16H29N3OS/c1-5-13-7-6-8-19(13)16-18-14(11-20-4)15(21-16)10-17-9-12(2)3/h12-13,17H,5-11H2,1-4H3. The van der Waals surface area contributed by atoms with Crippen molar-refractivity contribution in [3.8, 4) is 0 Å². The van der Waals surface area contributed by atoms with Gasteiger partial charge in [0.1, 0.15) is 0 Å². The van der Waals surface area contributed by atoms with Gasteiger partial charge >= 0.3 is 0 Å². The molecule has 1 atom stereocenters. The molecule has 0 radical (unpaired) electrons. The molecule has 0 spiro atoms. The Morgan fingerprint density at radius 3 is 2.95 bits per heavy atom. The molecule has 1 aliphatic heterocycles. The maximum Gasteiger partial charge on any atom is 0.186 e. The quantitative estimate of drug-likeness (QED) is 0.798. The minimum absolute atomic E-state index is 0.611. The molecule has 0 bridgehead atoms. The first-order valence-corrected chi connectivity index (χ1v) is 8.92. The number of anilines is 1. The lowest BCUT2D eigenvalue weighted by molar-refractivity contribution is 0.181. The molecular weight excluding hydrogens is 282 g/mol. The third-order valence-electron chi connectivity index (χ3n) is 3.98. The summed E-state index contributed by atoms with van der Waals surface area (Å²) in [6, 6.07) is 0.669. The van der Waals surface area contributed by atoms with E-state index in [2.05, 4.69) is 31.0 Å². The number of nitrogens with zero attached hydrogens (tertiary/aromatic N) is 2. The van der Waals surface area contributed by atoms with Gasteiger partial charge in [0.15, 0.2) is 5.13 Å². The van der Waals surface area contributed by atoms with E-state index < -0.39 is 0 Å². The Kier molecular flexibility index (Phi) is 6.45. The van der Waals surface area contributed by atoms with Crippen molar-refractivity contribution in [2.75, 3.05) is 25.1 Å². The molecule has 120 valence electrons. The van der Waals surface area contributed by atoms with Crippen molar-refractivity contribution in [2.24, 2.45) is 5.92 Å². The second kappa shape index (κ2) is 8.11. The van der Waals surface area contributed by atoms with E-state index in [9.17, 15) is 0 Å². The Balaban J connectivity index is 2.08. The van der Waals surface area contributed by atoms with E-state index in [0.717, 1.165) is 25.3 Å². The summed E-state index contributed by atoms with van der Waals surface area (Å²) in [5.41, 5.74) is 1.11. The van der Waals surface area contributed by atoms with Gasteiger partial charge in [-0.1, -0.05) is 20.8 Å². The lowest BCUT2D eigenvalue weighted by atomic mass is 10.2. The smallest absolute Gasteiger partial charge is 0.186 e. The van der Waals surface area contributed by atoms with Gasteiger partial charge in [-0.05, 0) is 31.7 Å². The molecule has 1 fully saturated rings. The lowest BCUT2D eigenvalue weighted by Crippen LogP contribution is -2.28. The third-order valence-corrected chi connectivity index (χ3v) is 5.11. The molecule has 5 heteroatoms. The summed E-state index contributed by atoms with van der Waals surface area (Å²) in [4.78, 5) is 8.68. The highest BCUT2D eigenvalue weighted by molar-refractivity contribution is 7.15. The first-order chi connectivity index (χ1) is 10.2. The largest absolute Gasteiger partial charge is 0.378 e. The molecule has 1 saturated heterocycles. The van der Waals surface area contributed by atoms with Crippen molar-refractivity contribution in [1.82, 2.24) is 10.3 Å². The number of aromatic nitrogens is 1. The number of hydrogen-bond donors (Lipinski definition) is 1. The SMILES string of the molecule is CCC1CCCN1c1nc(COC)c(CNCC(C)C)s1. The number of methoxy groups -OCH3 is 1. The maximum absolute atomic E-state index is 5.32. The molecule has 1 unspecified atom stereocenters. The first kappa shape index (κ1) is 16.7. The fraction of sp³-hybridized carbons (Fsp3) is 0.812. The van der Waals surface area contributed by atoms with Crippen LogP contribution in [0.5, 0.6) is 0 Å². The molecule has 0 aromatic carbocycles. The van der Waals surface area contributed by atoms with Gasteiger partial charge in [0.25, 0.3) is 0 Å². The molecule has 0 aliphatic carbocycles. The van der Waals surface area contributed by atoms with E-state index in [4.69, 9.17) is 9.72 Å². The van der Waals surface area contributed by atoms with Gasteiger partial charge in [0.2, 0.25) is 0 Å². The van der Waals surface area contributed by atoms with Gasteiger partial charge in [0.05, 0.1) is 12.3 Å². The summed E-state index contributed by atoms with van der Waals surface area (Å²) in [7, 11) is 1.75. The normalized spacial score (nSPS) is 18.9. The van der Waals surface area contributed by atoms with Crippen LogP contribution in [0.4, 0.5) is 5.13 Å². The van der Waals surface area contributed by atoms with E-state index in [1.54, 1.807) is 7.11 Å². The van der Waals surface area contributed by atoms with Crippen LogP contribution in [0.2, 0.25) is 0 Å². The zero-order valence-corrected chi connectivity index (χ0v) is 14.6.